The maximum absolute atomic E-state index is 11.9. The van der Waals surface area contributed by atoms with Crippen LogP contribution in [0.15, 0.2) is 24.3 Å². The molecular formula is C15H20N2O3. The Bertz CT molecular complexity index is 496. The summed E-state index contributed by atoms with van der Waals surface area (Å²) in [5.41, 5.74) is 1.15. The van der Waals surface area contributed by atoms with Crippen LogP contribution in [0.3, 0.4) is 0 Å². The fraction of sp³-hybridized carbons (Fsp3) is 0.467. The zero-order valence-corrected chi connectivity index (χ0v) is 11.6. The monoisotopic (exact) mass is 276 g/mol. The molecule has 1 atom stereocenters. The molecule has 1 aromatic carbocycles. The Hall–Kier alpha value is -1.88. The number of hydrogen-bond donors (Lipinski definition) is 3. The van der Waals surface area contributed by atoms with Crippen molar-refractivity contribution in [3.8, 4) is 0 Å². The summed E-state index contributed by atoms with van der Waals surface area (Å²) in [6, 6.07) is 7.19. The molecule has 0 spiro atoms. The highest BCUT2D eigenvalue weighted by molar-refractivity contribution is 5.97. The van der Waals surface area contributed by atoms with Crippen LogP contribution in [0.1, 0.15) is 43.0 Å². The molecule has 1 fully saturated rings. The standard InChI is InChI=1S/C15H20N2O3/c1-10(18)5-8-14(19)16-13-4-2-3-11(9-13)15(20)17-12-6-7-12/h2-4,9-10,12,18H,5-8H2,1H3,(H,16,19)(H,17,20). The summed E-state index contributed by atoms with van der Waals surface area (Å²) in [6.07, 6.45) is 2.28. The van der Waals surface area contributed by atoms with E-state index in [0.717, 1.165) is 12.8 Å². The molecule has 108 valence electrons. The second-order valence-electron chi connectivity index (χ2n) is 5.26. The van der Waals surface area contributed by atoms with Gasteiger partial charge in [-0.05, 0) is 44.4 Å². The average molecular weight is 276 g/mol. The lowest BCUT2D eigenvalue weighted by Crippen LogP contribution is -2.25. The topological polar surface area (TPSA) is 78.4 Å². The molecule has 1 saturated carbocycles. The fourth-order valence-electron chi connectivity index (χ4n) is 1.80. The van der Waals surface area contributed by atoms with E-state index in [0.29, 0.717) is 23.7 Å². The van der Waals surface area contributed by atoms with Gasteiger partial charge in [-0.25, -0.2) is 0 Å². The van der Waals surface area contributed by atoms with Gasteiger partial charge in [0.2, 0.25) is 5.91 Å². The maximum Gasteiger partial charge on any atom is 0.251 e. The third-order valence-corrected chi connectivity index (χ3v) is 3.11. The molecular weight excluding hydrogens is 256 g/mol. The van der Waals surface area contributed by atoms with Gasteiger partial charge in [-0.3, -0.25) is 9.59 Å². The van der Waals surface area contributed by atoms with E-state index >= 15 is 0 Å². The predicted octanol–water partition coefficient (Wildman–Crippen LogP) is 1.68. The van der Waals surface area contributed by atoms with E-state index in [9.17, 15) is 9.59 Å². The van der Waals surface area contributed by atoms with Crippen LogP contribution in [-0.4, -0.2) is 29.1 Å². The van der Waals surface area contributed by atoms with Crippen LogP contribution >= 0.6 is 0 Å². The van der Waals surface area contributed by atoms with Crippen LogP contribution in [0.2, 0.25) is 0 Å². The van der Waals surface area contributed by atoms with Crippen molar-refractivity contribution in [1.82, 2.24) is 5.32 Å². The van der Waals surface area contributed by atoms with Crippen molar-refractivity contribution in [2.45, 2.75) is 44.8 Å². The number of nitrogens with one attached hydrogen (secondary N) is 2. The Morgan fingerprint density at radius 3 is 2.80 bits per heavy atom. The van der Waals surface area contributed by atoms with Gasteiger partial charge >= 0.3 is 0 Å². The molecule has 0 heterocycles. The molecule has 2 rings (SSSR count). The summed E-state index contributed by atoms with van der Waals surface area (Å²) in [5, 5.41) is 14.8. The van der Waals surface area contributed by atoms with Crippen LogP contribution in [0.25, 0.3) is 0 Å². The third kappa shape index (κ3) is 4.66. The summed E-state index contributed by atoms with van der Waals surface area (Å²) < 4.78 is 0. The van der Waals surface area contributed by atoms with Crippen LogP contribution in [0.5, 0.6) is 0 Å². The van der Waals surface area contributed by atoms with Crippen molar-refractivity contribution in [3.63, 3.8) is 0 Å². The molecule has 1 aromatic rings. The molecule has 2 amide bonds. The molecule has 1 aliphatic carbocycles. The Kier molecular flexibility index (Phi) is 4.74. The van der Waals surface area contributed by atoms with Gasteiger partial charge in [0, 0.05) is 23.7 Å². The normalized spacial score (nSPS) is 15.5. The van der Waals surface area contributed by atoms with Gasteiger partial charge in [0.05, 0.1) is 6.10 Å². The van der Waals surface area contributed by atoms with Crippen molar-refractivity contribution < 1.29 is 14.7 Å². The molecule has 1 aliphatic rings. The first-order valence-corrected chi connectivity index (χ1v) is 6.93. The minimum absolute atomic E-state index is 0.104. The summed E-state index contributed by atoms with van der Waals surface area (Å²) in [4.78, 5) is 23.6. The molecule has 0 bridgehead atoms. The Morgan fingerprint density at radius 2 is 2.15 bits per heavy atom. The zero-order chi connectivity index (χ0) is 14.5. The van der Waals surface area contributed by atoms with E-state index in [1.165, 1.54) is 0 Å². The third-order valence-electron chi connectivity index (χ3n) is 3.11. The SMILES string of the molecule is CC(O)CCC(=O)Nc1cccc(C(=O)NC2CC2)c1. The lowest BCUT2D eigenvalue weighted by Gasteiger charge is -2.08. The molecule has 3 N–H and O–H groups in total. The fourth-order valence-corrected chi connectivity index (χ4v) is 1.80. The largest absolute Gasteiger partial charge is 0.393 e. The molecule has 1 unspecified atom stereocenters. The molecule has 5 nitrogen and oxygen atoms in total. The first kappa shape index (κ1) is 14.5. The highest BCUT2D eigenvalue weighted by Gasteiger charge is 2.23. The lowest BCUT2D eigenvalue weighted by molar-refractivity contribution is -0.116. The number of amides is 2. The smallest absolute Gasteiger partial charge is 0.251 e. The highest BCUT2D eigenvalue weighted by atomic mass is 16.3. The van der Waals surface area contributed by atoms with Gasteiger partial charge < -0.3 is 15.7 Å². The van der Waals surface area contributed by atoms with E-state index in [1.54, 1.807) is 31.2 Å². The minimum atomic E-state index is -0.489. The average Bonchev–Trinajstić information content (AvgIpc) is 3.20. The van der Waals surface area contributed by atoms with Crippen molar-refractivity contribution >= 4 is 17.5 Å². The molecule has 0 aliphatic heterocycles. The quantitative estimate of drug-likeness (QED) is 0.739. The predicted molar refractivity (Wildman–Crippen MR) is 76.5 cm³/mol. The molecule has 20 heavy (non-hydrogen) atoms. The molecule has 0 saturated heterocycles. The van der Waals surface area contributed by atoms with E-state index in [1.807, 2.05) is 0 Å². The van der Waals surface area contributed by atoms with Crippen molar-refractivity contribution in [1.29, 1.82) is 0 Å². The molecule has 0 aromatic heterocycles. The summed E-state index contributed by atoms with van der Waals surface area (Å²) in [7, 11) is 0. The molecule has 0 radical (unpaired) electrons. The number of carbonyl (C=O) groups excluding carboxylic acids is 2. The summed E-state index contributed by atoms with van der Waals surface area (Å²) in [6.45, 7) is 1.65. The van der Waals surface area contributed by atoms with Crippen LogP contribution in [0, 0.1) is 0 Å². The highest BCUT2D eigenvalue weighted by Crippen LogP contribution is 2.20. The minimum Gasteiger partial charge on any atom is -0.393 e. The van der Waals surface area contributed by atoms with Crippen LogP contribution in [-0.2, 0) is 4.79 Å². The van der Waals surface area contributed by atoms with Gasteiger partial charge in [0.15, 0.2) is 0 Å². The Morgan fingerprint density at radius 1 is 1.40 bits per heavy atom. The second-order valence-corrected chi connectivity index (χ2v) is 5.26. The number of rotatable bonds is 6. The van der Waals surface area contributed by atoms with Gasteiger partial charge in [-0.2, -0.15) is 0 Å². The maximum atomic E-state index is 11.9. The van der Waals surface area contributed by atoms with Crippen LogP contribution < -0.4 is 10.6 Å². The number of benzene rings is 1. The second kappa shape index (κ2) is 6.52. The summed E-state index contributed by atoms with van der Waals surface area (Å²) >= 11 is 0. The first-order valence-electron chi connectivity index (χ1n) is 6.93. The van der Waals surface area contributed by atoms with Crippen molar-refractivity contribution in [2.24, 2.45) is 0 Å². The number of carbonyl (C=O) groups is 2. The number of anilines is 1. The van der Waals surface area contributed by atoms with Gasteiger partial charge in [0.25, 0.3) is 5.91 Å². The molecule has 5 heteroatoms. The van der Waals surface area contributed by atoms with Crippen molar-refractivity contribution in [3.05, 3.63) is 29.8 Å². The van der Waals surface area contributed by atoms with E-state index in [2.05, 4.69) is 10.6 Å². The zero-order valence-electron chi connectivity index (χ0n) is 11.6. The van der Waals surface area contributed by atoms with E-state index in [4.69, 9.17) is 5.11 Å². The first-order chi connectivity index (χ1) is 9.54. The van der Waals surface area contributed by atoms with Gasteiger partial charge in [-0.15, -0.1) is 0 Å². The van der Waals surface area contributed by atoms with E-state index in [-0.39, 0.29) is 18.2 Å². The van der Waals surface area contributed by atoms with Crippen LogP contribution in [0.4, 0.5) is 5.69 Å². The van der Waals surface area contributed by atoms with Crippen molar-refractivity contribution in [2.75, 3.05) is 5.32 Å². The number of aliphatic hydroxyl groups is 1. The Balaban J connectivity index is 1.91. The summed E-state index contributed by atoms with van der Waals surface area (Å²) in [5.74, 6) is -0.266. The lowest BCUT2D eigenvalue weighted by atomic mass is 10.1. The number of aliphatic hydroxyl groups excluding tert-OH is 1. The van der Waals surface area contributed by atoms with Gasteiger partial charge in [0.1, 0.15) is 0 Å². The van der Waals surface area contributed by atoms with Gasteiger partial charge in [-0.1, -0.05) is 6.07 Å². The Labute approximate surface area is 118 Å². The van der Waals surface area contributed by atoms with E-state index < -0.39 is 6.10 Å². The number of hydrogen-bond acceptors (Lipinski definition) is 3.